The van der Waals surface area contributed by atoms with Crippen LogP contribution in [0.15, 0.2) is 18.2 Å². The molecule has 0 aliphatic heterocycles. The molecular weight excluding hydrogens is 389 g/mol. The summed E-state index contributed by atoms with van der Waals surface area (Å²) in [6.07, 6.45) is 1.40. The highest BCUT2D eigenvalue weighted by atomic mass is 35.5. The van der Waals surface area contributed by atoms with E-state index in [1.165, 1.54) is 0 Å². The number of rotatable bonds is 9. The fraction of sp³-hybridized carbons (Fsp3) is 0.500. The van der Waals surface area contributed by atoms with Crippen LogP contribution in [0.25, 0.3) is 11.0 Å². The SMILES string of the molecule is Cl.Cn1c(CCCC(=O)O)nc2ccc(N(CCCl)CCCl)cc21.O. The van der Waals surface area contributed by atoms with E-state index in [9.17, 15) is 4.79 Å². The van der Waals surface area contributed by atoms with E-state index >= 15 is 0 Å². The zero-order valence-corrected chi connectivity index (χ0v) is 16.4. The van der Waals surface area contributed by atoms with Gasteiger partial charge < -0.3 is 20.0 Å². The number of carbonyl (C=O) groups is 1. The summed E-state index contributed by atoms with van der Waals surface area (Å²) in [5, 5.41) is 8.74. The van der Waals surface area contributed by atoms with Crippen molar-refractivity contribution in [3.63, 3.8) is 0 Å². The second-order valence-electron chi connectivity index (χ2n) is 5.37. The average Bonchev–Trinajstić information content (AvgIpc) is 2.83. The van der Waals surface area contributed by atoms with Gasteiger partial charge in [-0.2, -0.15) is 0 Å². The van der Waals surface area contributed by atoms with Crippen molar-refractivity contribution < 1.29 is 15.4 Å². The molecule has 0 bridgehead atoms. The van der Waals surface area contributed by atoms with Gasteiger partial charge in [0.25, 0.3) is 0 Å². The molecule has 0 atom stereocenters. The first-order chi connectivity index (χ1) is 11.1. The van der Waals surface area contributed by atoms with Gasteiger partial charge in [0, 0.05) is 50.4 Å². The van der Waals surface area contributed by atoms with E-state index in [1.54, 1.807) is 0 Å². The van der Waals surface area contributed by atoms with Gasteiger partial charge in [-0.1, -0.05) is 0 Å². The van der Waals surface area contributed by atoms with Gasteiger partial charge in [0.1, 0.15) is 5.82 Å². The lowest BCUT2D eigenvalue weighted by molar-refractivity contribution is -0.137. The van der Waals surface area contributed by atoms with Crippen LogP contribution in [0.3, 0.4) is 0 Å². The highest BCUT2D eigenvalue weighted by Gasteiger charge is 2.12. The lowest BCUT2D eigenvalue weighted by Crippen LogP contribution is -2.27. The Balaban J connectivity index is 0.00000288. The van der Waals surface area contributed by atoms with Gasteiger partial charge in [0.15, 0.2) is 0 Å². The van der Waals surface area contributed by atoms with E-state index in [0.29, 0.717) is 24.6 Å². The molecule has 2 rings (SSSR count). The number of aromatic nitrogens is 2. The summed E-state index contributed by atoms with van der Waals surface area (Å²) in [6.45, 7) is 1.48. The molecule has 0 saturated carbocycles. The van der Waals surface area contributed by atoms with Crippen LogP contribution in [0.1, 0.15) is 18.7 Å². The molecule has 0 saturated heterocycles. The Bertz CT molecular complexity index is 673. The number of carboxylic acid groups (broad SMARTS) is 1. The molecule has 0 unspecified atom stereocenters. The number of hydrogen-bond acceptors (Lipinski definition) is 3. The van der Waals surface area contributed by atoms with Crippen LogP contribution >= 0.6 is 35.6 Å². The average molecular weight is 413 g/mol. The third-order valence-electron chi connectivity index (χ3n) is 3.82. The lowest BCUT2D eigenvalue weighted by Gasteiger charge is -2.22. The molecular formula is C16H24Cl3N3O3. The second-order valence-corrected chi connectivity index (χ2v) is 6.13. The maximum Gasteiger partial charge on any atom is 0.303 e. The number of halogens is 3. The van der Waals surface area contributed by atoms with Crippen LogP contribution in [0.5, 0.6) is 0 Å². The number of anilines is 1. The summed E-state index contributed by atoms with van der Waals surface area (Å²) >= 11 is 11.7. The molecule has 0 aliphatic rings. The van der Waals surface area contributed by atoms with Crippen LogP contribution in [0.2, 0.25) is 0 Å². The van der Waals surface area contributed by atoms with E-state index in [1.807, 2.05) is 23.7 Å². The minimum atomic E-state index is -0.774. The van der Waals surface area contributed by atoms with E-state index in [2.05, 4.69) is 16.0 Å². The number of aryl methyl sites for hydroxylation is 2. The van der Waals surface area contributed by atoms with Gasteiger partial charge in [-0.25, -0.2) is 4.98 Å². The first kappa shape index (κ1) is 23.8. The molecule has 2 aromatic rings. The minimum Gasteiger partial charge on any atom is -0.481 e. The van der Waals surface area contributed by atoms with E-state index in [0.717, 1.165) is 35.6 Å². The largest absolute Gasteiger partial charge is 0.481 e. The molecule has 1 aromatic heterocycles. The maximum absolute atomic E-state index is 10.6. The van der Waals surface area contributed by atoms with Crippen LogP contribution in [0.4, 0.5) is 5.69 Å². The topological polar surface area (TPSA) is 89.9 Å². The van der Waals surface area contributed by atoms with Gasteiger partial charge in [0.2, 0.25) is 0 Å². The predicted molar refractivity (Wildman–Crippen MR) is 106 cm³/mol. The van der Waals surface area contributed by atoms with Gasteiger partial charge in [-0.15, -0.1) is 35.6 Å². The molecule has 6 nitrogen and oxygen atoms in total. The molecule has 0 radical (unpaired) electrons. The quantitative estimate of drug-likeness (QED) is 0.641. The van der Waals surface area contributed by atoms with Crippen molar-refractivity contribution in [1.29, 1.82) is 0 Å². The van der Waals surface area contributed by atoms with Crippen LogP contribution in [-0.4, -0.2) is 51.0 Å². The smallest absolute Gasteiger partial charge is 0.303 e. The van der Waals surface area contributed by atoms with E-state index < -0.39 is 5.97 Å². The Morgan fingerprint density at radius 3 is 2.48 bits per heavy atom. The highest BCUT2D eigenvalue weighted by molar-refractivity contribution is 6.18. The van der Waals surface area contributed by atoms with Crippen molar-refractivity contribution in [3.05, 3.63) is 24.0 Å². The van der Waals surface area contributed by atoms with Crippen molar-refractivity contribution in [3.8, 4) is 0 Å². The van der Waals surface area contributed by atoms with Crippen LogP contribution in [0, 0.1) is 0 Å². The summed E-state index contributed by atoms with van der Waals surface area (Å²) in [7, 11) is 1.96. The Labute approximate surface area is 163 Å². The van der Waals surface area contributed by atoms with Crippen molar-refractivity contribution in [2.45, 2.75) is 19.3 Å². The number of hydrogen-bond donors (Lipinski definition) is 1. The zero-order chi connectivity index (χ0) is 16.8. The number of imidazole rings is 1. The summed E-state index contributed by atoms with van der Waals surface area (Å²) in [4.78, 5) is 17.4. The Kier molecular flexibility index (Phi) is 10.9. The van der Waals surface area contributed by atoms with Crippen molar-refractivity contribution in [1.82, 2.24) is 9.55 Å². The molecule has 0 fully saturated rings. The molecule has 0 spiro atoms. The molecule has 0 aliphatic carbocycles. The first-order valence-electron chi connectivity index (χ1n) is 7.61. The first-order valence-corrected chi connectivity index (χ1v) is 8.67. The number of nitrogens with zero attached hydrogens (tertiary/aromatic N) is 3. The summed E-state index contributed by atoms with van der Waals surface area (Å²) in [5.41, 5.74) is 3.01. The fourth-order valence-electron chi connectivity index (χ4n) is 2.62. The fourth-order valence-corrected chi connectivity index (χ4v) is 3.03. The highest BCUT2D eigenvalue weighted by Crippen LogP contribution is 2.23. The summed E-state index contributed by atoms with van der Waals surface area (Å²) in [6, 6.07) is 6.10. The minimum absolute atomic E-state index is 0. The van der Waals surface area contributed by atoms with Crippen molar-refractivity contribution >= 4 is 58.3 Å². The molecule has 25 heavy (non-hydrogen) atoms. The number of benzene rings is 1. The molecule has 142 valence electrons. The summed E-state index contributed by atoms with van der Waals surface area (Å²) < 4.78 is 2.03. The second kappa shape index (κ2) is 11.4. The van der Waals surface area contributed by atoms with Gasteiger partial charge in [0.05, 0.1) is 11.0 Å². The third-order valence-corrected chi connectivity index (χ3v) is 4.16. The van der Waals surface area contributed by atoms with E-state index in [4.69, 9.17) is 28.3 Å². The van der Waals surface area contributed by atoms with Crippen LogP contribution < -0.4 is 4.90 Å². The number of alkyl halides is 2. The molecule has 1 aromatic carbocycles. The number of carboxylic acids is 1. The Morgan fingerprint density at radius 2 is 1.92 bits per heavy atom. The van der Waals surface area contributed by atoms with E-state index in [-0.39, 0.29) is 24.3 Å². The van der Waals surface area contributed by atoms with Crippen molar-refractivity contribution in [2.24, 2.45) is 7.05 Å². The molecule has 3 N–H and O–H groups in total. The summed E-state index contributed by atoms with van der Waals surface area (Å²) in [5.74, 6) is 1.21. The monoisotopic (exact) mass is 411 g/mol. The number of aliphatic carboxylic acids is 1. The van der Waals surface area contributed by atoms with Crippen molar-refractivity contribution in [2.75, 3.05) is 29.7 Å². The Morgan fingerprint density at radius 1 is 1.28 bits per heavy atom. The Hall–Kier alpha value is -1.21. The van der Waals surface area contributed by atoms with Crippen LogP contribution in [-0.2, 0) is 18.3 Å². The van der Waals surface area contributed by atoms with Gasteiger partial charge in [-0.3, -0.25) is 4.79 Å². The standard InChI is InChI=1S/C16H21Cl2N3O2.ClH.H2O/c1-20-14-11-12(21(9-7-17)10-8-18)5-6-13(14)19-15(20)3-2-4-16(22)23;;/h5-6,11H,2-4,7-10H2,1H3,(H,22,23);1H;1H2. The predicted octanol–water partition coefficient (Wildman–Crippen LogP) is 2.86. The molecule has 0 amide bonds. The van der Waals surface area contributed by atoms with Gasteiger partial charge >= 0.3 is 5.97 Å². The lowest BCUT2D eigenvalue weighted by atomic mass is 10.2. The molecule has 9 heteroatoms. The zero-order valence-electron chi connectivity index (χ0n) is 14.0. The van der Waals surface area contributed by atoms with Gasteiger partial charge in [-0.05, 0) is 24.6 Å². The number of fused-ring (bicyclic) bond motifs is 1. The maximum atomic E-state index is 10.6. The molecule has 1 heterocycles. The normalized spacial score (nSPS) is 10.2. The third kappa shape index (κ3) is 6.22.